The number of sulfonamides is 1. The standard InChI is InChI=1S/C21H24FN3O2S/c1-4-24-14-19(17(3)23-24)15-25(13-18-7-9-20(22)10-8-18)28(26,27)21-11-5-16(2)6-12-21/h5-12,14H,4,13,15H2,1-3H3. The number of aryl methyl sites for hydroxylation is 3. The normalized spacial score (nSPS) is 11.9. The van der Waals surface area contributed by atoms with Gasteiger partial charge in [-0.2, -0.15) is 9.40 Å². The van der Waals surface area contributed by atoms with Crippen molar-refractivity contribution in [2.75, 3.05) is 0 Å². The Kier molecular flexibility index (Phi) is 5.96. The lowest BCUT2D eigenvalue weighted by atomic mass is 10.2. The van der Waals surface area contributed by atoms with Crippen molar-refractivity contribution >= 4 is 10.0 Å². The molecule has 2 aromatic carbocycles. The highest BCUT2D eigenvalue weighted by Crippen LogP contribution is 2.23. The lowest BCUT2D eigenvalue weighted by Gasteiger charge is -2.22. The van der Waals surface area contributed by atoms with Crippen molar-refractivity contribution in [1.29, 1.82) is 0 Å². The van der Waals surface area contributed by atoms with Crippen molar-refractivity contribution in [3.05, 3.63) is 82.9 Å². The molecule has 0 amide bonds. The molecule has 148 valence electrons. The van der Waals surface area contributed by atoms with Crippen LogP contribution in [0, 0.1) is 19.7 Å². The smallest absolute Gasteiger partial charge is 0.243 e. The summed E-state index contributed by atoms with van der Waals surface area (Å²) in [7, 11) is -3.74. The minimum absolute atomic E-state index is 0.146. The summed E-state index contributed by atoms with van der Waals surface area (Å²) in [6.07, 6.45) is 1.87. The molecule has 28 heavy (non-hydrogen) atoms. The van der Waals surface area contributed by atoms with Crippen molar-refractivity contribution in [2.24, 2.45) is 0 Å². The van der Waals surface area contributed by atoms with Gasteiger partial charge < -0.3 is 0 Å². The van der Waals surface area contributed by atoms with Gasteiger partial charge >= 0.3 is 0 Å². The van der Waals surface area contributed by atoms with Crippen LogP contribution in [0.1, 0.15) is 29.3 Å². The van der Waals surface area contributed by atoms with E-state index in [0.29, 0.717) is 6.54 Å². The Hall–Kier alpha value is -2.51. The van der Waals surface area contributed by atoms with Crippen LogP contribution in [-0.4, -0.2) is 22.5 Å². The second-order valence-electron chi connectivity index (χ2n) is 6.81. The predicted octanol–water partition coefficient (Wildman–Crippen LogP) is 4.05. The monoisotopic (exact) mass is 401 g/mol. The van der Waals surface area contributed by atoms with Gasteiger partial charge in [-0.05, 0) is 50.6 Å². The number of hydrogen-bond donors (Lipinski definition) is 0. The summed E-state index contributed by atoms with van der Waals surface area (Å²) in [5.74, 6) is -0.350. The molecule has 3 aromatic rings. The minimum atomic E-state index is -3.74. The fraction of sp³-hybridized carbons (Fsp3) is 0.286. The Bertz CT molecular complexity index is 1040. The molecule has 0 saturated carbocycles. The number of aromatic nitrogens is 2. The zero-order chi connectivity index (χ0) is 20.3. The first-order valence-electron chi connectivity index (χ1n) is 9.14. The van der Waals surface area contributed by atoms with Crippen molar-refractivity contribution in [2.45, 2.75) is 45.3 Å². The molecule has 0 saturated heterocycles. The Balaban J connectivity index is 1.98. The summed E-state index contributed by atoms with van der Waals surface area (Å²) >= 11 is 0. The van der Waals surface area contributed by atoms with Crippen molar-refractivity contribution in [1.82, 2.24) is 14.1 Å². The van der Waals surface area contributed by atoms with Crippen LogP contribution in [0.15, 0.2) is 59.6 Å². The van der Waals surface area contributed by atoms with E-state index in [1.54, 1.807) is 41.1 Å². The number of benzene rings is 2. The van der Waals surface area contributed by atoms with Gasteiger partial charge in [0.1, 0.15) is 5.82 Å². The van der Waals surface area contributed by atoms with Crippen LogP contribution in [-0.2, 0) is 29.7 Å². The van der Waals surface area contributed by atoms with Crippen LogP contribution >= 0.6 is 0 Å². The lowest BCUT2D eigenvalue weighted by Crippen LogP contribution is -2.30. The molecule has 3 rings (SSSR count). The summed E-state index contributed by atoms with van der Waals surface area (Å²) in [5, 5.41) is 4.41. The average molecular weight is 402 g/mol. The maximum Gasteiger partial charge on any atom is 0.243 e. The van der Waals surface area contributed by atoms with E-state index < -0.39 is 10.0 Å². The third kappa shape index (κ3) is 4.48. The summed E-state index contributed by atoms with van der Waals surface area (Å²) in [4.78, 5) is 0.237. The zero-order valence-corrected chi connectivity index (χ0v) is 17.1. The van der Waals surface area contributed by atoms with E-state index in [1.165, 1.54) is 16.4 Å². The third-order valence-corrected chi connectivity index (χ3v) is 6.46. The average Bonchev–Trinajstić information content (AvgIpc) is 3.03. The molecular formula is C21H24FN3O2S. The highest BCUT2D eigenvalue weighted by Gasteiger charge is 2.26. The van der Waals surface area contributed by atoms with Crippen molar-refractivity contribution < 1.29 is 12.8 Å². The fourth-order valence-electron chi connectivity index (χ4n) is 2.94. The Morgan fingerprint density at radius 2 is 1.64 bits per heavy atom. The quantitative estimate of drug-likeness (QED) is 0.600. The van der Waals surface area contributed by atoms with E-state index in [-0.39, 0.29) is 23.8 Å². The van der Waals surface area contributed by atoms with Crippen LogP contribution in [0.3, 0.4) is 0 Å². The molecule has 0 aliphatic rings. The van der Waals surface area contributed by atoms with E-state index in [9.17, 15) is 12.8 Å². The molecule has 0 unspecified atom stereocenters. The zero-order valence-electron chi connectivity index (χ0n) is 16.3. The molecule has 0 aliphatic carbocycles. The van der Waals surface area contributed by atoms with Crippen LogP contribution in [0.2, 0.25) is 0 Å². The first-order valence-corrected chi connectivity index (χ1v) is 10.6. The molecule has 7 heteroatoms. The molecule has 5 nitrogen and oxygen atoms in total. The molecule has 0 radical (unpaired) electrons. The van der Waals surface area contributed by atoms with Gasteiger partial charge in [-0.25, -0.2) is 12.8 Å². The SMILES string of the molecule is CCn1cc(CN(Cc2ccc(F)cc2)S(=O)(=O)c2ccc(C)cc2)c(C)n1. The van der Waals surface area contributed by atoms with Gasteiger partial charge in [0.15, 0.2) is 0 Å². The minimum Gasteiger partial charge on any atom is -0.272 e. The van der Waals surface area contributed by atoms with Gasteiger partial charge in [0, 0.05) is 31.4 Å². The first kappa shape index (κ1) is 20.2. The molecule has 0 spiro atoms. The molecule has 0 atom stereocenters. The fourth-order valence-corrected chi connectivity index (χ4v) is 4.35. The van der Waals surface area contributed by atoms with Crippen LogP contribution in [0.25, 0.3) is 0 Å². The highest BCUT2D eigenvalue weighted by molar-refractivity contribution is 7.89. The van der Waals surface area contributed by atoms with E-state index in [1.807, 2.05) is 27.0 Å². The second-order valence-corrected chi connectivity index (χ2v) is 8.75. The van der Waals surface area contributed by atoms with Crippen molar-refractivity contribution in [3.8, 4) is 0 Å². The molecule has 0 N–H and O–H groups in total. The summed E-state index contributed by atoms with van der Waals surface area (Å²) in [6.45, 7) is 6.82. The van der Waals surface area contributed by atoms with E-state index >= 15 is 0 Å². The van der Waals surface area contributed by atoms with Crippen LogP contribution in [0.4, 0.5) is 4.39 Å². The van der Waals surface area contributed by atoms with Gasteiger partial charge in [-0.15, -0.1) is 0 Å². The van der Waals surface area contributed by atoms with Crippen LogP contribution < -0.4 is 0 Å². The summed E-state index contributed by atoms with van der Waals surface area (Å²) < 4.78 is 43.1. The molecular weight excluding hydrogens is 377 g/mol. The topological polar surface area (TPSA) is 55.2 Å². The van der Waals surface area contributed by atoms with Crippen LogP contribution in [0.5, 0.6) is 0 Å². The van der Waals surface area contributed by atoms with Crippen molar-refractivity contribution in [3.63, 3.8) is 0 Å². The number of rotatable bonds is 7. The number of nitrogens with zero attached hydrogens (tertiary/aromatic N) is 3. The van der Waals surface area contributed by atoms with Gasteiger partial charge in [0.2, 0.25) is 10.0 Å². The van der Waals surface area contributed by atoms with Gasteiger partial charge in [0.25, 0.3) is 0 Å². The van der Waals surface area contributed by atoms with Gasteiger partial charge in [0.05, 0.1) is 10.6 Å². The van der Waals surface area contributed by atoms with E-state index in [0.717, 1.165) is 22.4 Å². The summed E-state index contributed by atoms with van der Waals surface area (Å²) in [6, 6.07) is 12.7. The third-order valence-electron chi connectivity index (χ3n) is 4.65. The number of hydrogen-bond acceptors (Lipinski definition) is 3. The summed E-state index contributed by atoms with van der Waals surface area (Å²) in [5.41, 5.74) is 3.35. The second kappa shape index (κ2) is 8.24. The van der Waals surface area contributed by atoms with E-state index in [4.69, 9.17) is 0 Å². The molecule has 1 aromatic heterocycles. The molecule has 1 heterocycles. The lowest BCUT2D eigenvalue weighted by molar-refractivity contribution is 0.400. The molecule has 0 fully saturated rings. The highest BCUT2D eigenvalue weighted by atomic mass is 32.2. The van der Waals surface area contributed by atoms with Gasteiger partial charge in [-0.3, -0.25) is 4.68 Å². The molecule has 0 aliphatic heterocycles. The Morgan fingerprint density at radius 3 is 2.21 bits per heavy atom. The number of halogens is 1. The maximum absolute atomic E-state index is 13.3. The first-order chi connectivity index (χ1) is 13.3. The maximum atomic E-state index is 13.3. The Morgan fingerprint density at radius 1 is 1.00 bits per heavy atom. The largest absolute Gasteiger partial charge is 0.272 e. The Labute approximate surface area is 165 Å². The van der Waals surface area contributed by atoms with E-state index in [2.05, 4.69) is 5.10 Å². The molecule has 0 bridgehead atoms. The predicted molar refractivity (Wildman–Crippen MR) is 107 cm³/mol. The van der Waals surface area contributed by atoms with Gasteiger partial charge in [-0.1, -0.05) is 29.8 Å².